The first-order chi connectivity index (χ1) is 28.4. The molecule has 4 aromatic rings. The number of allylic oxidation sites excluding steroid dienone is 1. The highest BCUT2D eigenvalue weighted by Gasteiger charge is 2.54. The van der Waals surface area contributed by atoms with E-state index >= 15 is 4.79 Å². The van der Waals surface area contributed by atoms with Crippen LogP contribution < -0.4 is 10.4 Å². The SMILES string of the molecule is CC=C(C)[C@@H](CC=C(C)[C@@H](O[Si](c1ccccc1)(c1ccccc1)C(C)(C)C)[C@H](OCc1ccccc1)C(=O)N1C(=O)OC[C@@H]1Cc1ccccc1)O[Si](C)(C)C(C)(C)C. The summed E-state index contributed by atoms with van der Waals surface area (Å²) in [7, 11) is -5.50. The Labute approximate surface area is 362 Å². The smallest absolute Gasteiger partial charge is 0.417 e. The molecule has 1 saturated heterocycles. The van der Waals surface area contributed by atoms with Gasteiger partial charge >= 0.3 is 6.09 Å². The first kappa shape index (κ1) is 46.7. The molecule has 60 heavy (non-hydrogen) atoms. The second-order valence-electron chi connectivity index (χ2n) is 18.6. The predicted molar refractivity (Wildman–Crippen MR) is 250 cm³/mol. The van der Waals surface area contributed by atoms with Crippen molar-refractivity contribution in [1.82, 2.24) is 4.90 Å². The Balaban J connectivity index is 1.72. The quantitative estimate of drug-likeness (QED) is 0.0778. The van der Waals surface area contributed by atoms with Gasteiger partial charge in [-0.3, -0.25) is 4.79 Å². The number of imide groups is 1. The van der Waals surface area contributed by atoms with Gasteiger partial charge in [0, 0.05) is 0 Å². The molecule has 5 rings (SSSR count). The number of rotatable bonds is 17. The van der Waals surface area contributed by atoms with Gasteiger partial charge in [-0.15, -0.1) is 0 Å². The maximum Gasteiger partial charge on any atom is 0.417 e. The normalized spacial score (nSPS) is 17.3. The van der Waals surface area contributed by atoms with Gasteiger partial charge in [-0.2, -0.15) is 0 Å². The summed E-state index contributed by atoms with van der Waals surface area (Å²) in [6, 6.07) is 40.0. The predicted octanol–water partition coefficient (Wildman–Crippen LogP) is 10.8. The molecule has 0 bridgehead atoms. The van der Waals surface area contributed by atoms with Crippen molar-refractivity contribution in [1.29, 1.82) is 0 Å². The van der Waals surface area contributed by atoms with Gasteiger partial charge in [0.15, 0.2) is 14.4 Å². The highest BCUT2D eigenvalue weighted by Crippen LogP contribution is 2.41. The molecular formula is C51H67NO6Si2. The summed E-state index contributed by atoms with van der Waals surface area (Å²) in [4.78, 5) is 30.6. The van der Waals surface area contributed by atoms with Crippen molar-refractivity contribution in [2.24, 2.45) is 0 Å². The lowest BCUT2D eigenvalue weighted by molar-refractivity contribution is -0.148. The first-order valence-electron chi connectivity index (χ1n) is 21.3. The van der Waals surface area contributed by atoms with Crippen molar-refractivity contribution in [3.8, 4) is 0 Å². The van der Waals surface area contributed by atoms with Crippen LogP contribution >= 0.6 is 0 Å². The largest absolute Gasteiger partial charge is 0.447 e. The molecule has 0 aromatic heterocycles. The lowest BCUT2D eigenvalue weighted by Gasteiger charge is -2.46. The van der Waals surface area contributed by atoms with E-state index in [0.717, 1.165) is 32.6 Å². The van der Waals surface area contributed by atoms with Gasteiger partial charge in [-0.25, -0.2) is 9.69 Å². The van der Waals surface area contributed by atoms with Gasteiger partial charge in [0.25, 0.3) is 14.2 Å². The third kappa shape index (κ3) is 10.9. The average molecular weight is 846 g/mol. The third-order valence-electron chi connectivity index (χ3n) is 12.3. The Morgan fingerprint density at radius 3 is 1.72 bits per heavy atom. The minimum atomic E-state index is -3.32. The summed E-state index contributed by atoms with van der Waals surface area (Å²) < 4.78 is 27.6. The lowest BCUT2D eigenvalue weighted by atomic mass is 9.99. The van der Waals surface area contributed by atoms with Crippen LogP contribution in [0.25, 0.3) is 0 Å². The molecule has 2 amide bonds. The second kappa shape index (κ2) is 20.0. The summed E-state index contributed by atoms with van der Waals surface area (Å²) in [5.41, 5.74) is 3.88. The summed E-state index contributed by atoms with van der Waals surface area (Å²) >= 11 is 0. The van der Waals surface area contributed by atoms with Crippen molar-refractivity contribution in [3.05, 3.63) is 156 Å². The van der Waals surface area contributed by atoms with Crippen LogP contribution in [0.15, 0.2) is 145 Å². The molecule has 9 heteroatoms. The van der Waals surface area contributed by atoms with E-state index < -0.39 is 51.9 Å². The number of carbonyl (C=O) groups excluding carboxylic acids is 2. The summed E-state index contributed by atoms with van der Waals surface area (Å²) in [5.74, 6) is -0.483. The van der Waals surface area contributed by atoms with Crippen LogP contribution in [-0.2, 0) is 36.1 Å². The molecule has 0 N–H and O–H groups in total. The molecule has 1 aliphatic heterocycles. The van der Waals surface area contributed by atoms with Crippen LogP contribution in [0, 0.1) is 0 Å². The van der Waals surface area contributed by atoms with Crippen LogP contribution in [0.4, 0.5) is 4.79 Å². The fraction of sp³-hybridized carbons (Fsp3) is 0.412. The molecule has 320 valence electrons. The Hall–Kier alpha value is -4.39. The molecular weight excluding hydrogens is 779 g/mol. The summed E-state index contributed by atoms with van der Waals surface area (Å²) in [5, 5.41) is 1.74. The molecule has 0 spiro atoms. The molecule has 0 saturated carbocycles. The van der Waals surface area contributed by atoms with E-state index in [-0.39, 0.29) is 24.4 Å². The van der Waals surface area contributed by atoms with E-state index in [4.69, 9.17) is 18.3 Å². The van der Waals surface area contributed by atoms with E-state index in [1.807, 2.05) is 79.7 Å². The van der Waals surface area contributed by atoms with E-state index in [1.54, 1.807) is 0 Å². The van der Waals surface area contributed by atoms with Gasteiger partial charge < -0.3 is 18.3 Å². The number of hydrogen-bond donors (Lipinski definition) is 0. The first-order valence-corrected chi connectivity index (χ1v) is 26.2. The van der Waals surface area contributed by atoms with Crippen molar-refractivity contribution >= 4 is 39.0 Å². The van der Waals surface area contributed by atoms with Gasteiger partial charge in [0.2, 0.25) is 0 Å². The number of benzene rings is 4. The maximum absolute atomic E-state index is 15.5. The third-order valence-corrected chi connectivity index (χ3v) is 21.8. The highest BCUT2D eigenvalue weighted by atomic mass is 28.4. The van der Waals surface area contributed by atoms with E-state index in [9.17, 15) is 4.79 Å². The molecule has 0 radical (unpaired) electrons. The number of nitrogens with zero attached hydrogens (tertiary/aromatic N) is 1. The van der Waals surface area contributed by atoms with Crippen LogP contribution in [0.2, 0.25) is 23.2 Å². The molecule has 4 atom stereocenters. The average Bonchev–Trinajstić information content (AvgIpc) is 3.59. The van der Waals surface area contributed by atoms with Crippen LogP contribution in [-0.4, -0.2) is 64.5 Å². The molecule has 1 aliphatic rings. The van der Waals surface area contributed by atoms with Gasteiger partial charge in [0.05, 0.1) is 18.8 Å². The minimum absolute atomic E-state index is 0.0103. The monoisotopic (exact) mass is 845 g/mol. The summed E-state index contributed by atoms with van der Waals surface area (Å²) in [6.45, 7) is 24.4. The van der Waals surface area contributed by atoms with Gasteiger partial charge in [-0.1, -0.05) is 175 Å². The lowest BCUT2D eigenvalue weighted by Crippen LogP contribution is -2.69. The topological polar surface area (TPSA) is 74.3 Å². The van der Waals surface area contributed by atoms with Crippen LogP contribution in [0.5, 0.6) is 0 Å². The Kier molecular flexibility index (Phi) is 15.6. The number of hydrogen-bond acceptors (Lipinski definition) is 6. The van der Waals surface area contributed by atoms with Gasteiger partial charge in [-0.05, 0) is 89.4 Å². The number of cyclic esters (lactones) is 1. The van der Waals surface area contributed by atoms with E-state index in [0.29, 0.717) is 12.8 Å². The zero-order valence-corrected chi connectivity index (χ0v) is 39.7. The van der Waals surface area contributed by atoms with Gasteiger partial charge in [0.1, 0.15) is 12.7 Å². The zero-order valence-electron chi connectivity index (χ0n) is 37.7. The molecule has 1 fully saturated rings. The highest BCUT2D eigenvalue weighted by molar-refractivity contribution is 6.99. The van der Waals surface area contributed by atoms with Crippen molar-refractivity contribution in [3.63, 3.8) is 0 Å². The molecule has 1 heterocycles. The minimum Gasteiger partial charge on any atom is -0.447 e. The Bertz CT molecular complexity index is 2020. The number of ether oxygens (including phenoxy) is 2. The molecule has 0 unspecified atom stereocenters. The van der Waals surface area contributed by atoms with E-state index in [2.05, 4.69) is 129 Å². The fourth-order valence-corrected chi connectivity index (χ4v) is 13.7. The van der Waals surface area contributed by atoms with Crippen LogP contribution in [0.3, 0.4) is 0 Å². The zero-order chi connectivity index (χ0) is 43.7. The van der Waals surface area contributed by atoms with Crippen molar-refractivity contribution in [2.75, 3.05) is 6.61 Å². The number of amides is 2. The maximum atomic E-state index is 15.5. The molecule has 0 aliphatic carbocycles. The van der Waals surface area contributed by atoms with Crippen molar-refractivity contribution < 1.29 is 27.9 Å². The molecule has 4 aromatic carbocycles. The second-order valence-corrected chi connectivity index (χ2v) is 27.6. The summed E-state index contributed by atoms with van der Waals surface area (Å²) in [6.07, 6.45) is 2.34. The molecule has 7 nitrogen and oxygen atoms in total. The fourth-order valence-electron chi connectivity index (χ4n) is 7.68. The van der Waals surface area contributed by atoms with Crippen molar-refractivity contribution in [2.45, 2.75) is 129 Å². The number of carbonyl (C=O) groups is 2. The Morgan fingerprint density at radius 1 is 0.733 bits per heavy atom. The standard InChI is InChI=1S/C51H67NO6Si2/c1-12-38(2)45(57-59(10,11)50(4,5)6)34-33-39(3)46(58-60(51(7,8)9,43-29-21-15-22-30-43)44-31-23-16-24-32-44)47(55-36-41-27-19-14-20-28-41)48(53)52-42(37-56-49(52)54)35-40-25-17-13-18-26-40/h12-33,42,45-47H,34-37H2,1-11H3/t42-,45+,46+,47-/m0/s1. The van der Waals surface area contributed by atoms with Crippen LogP contribution in [0.1, 0.15) is 79.9 Å². The van der Waals surface area contributed by atoms with E-state index in [1.165, 1.54) is 4.90 Å². The Morgan fingerprint density at radius 2 is 1.23 bits per heavy atom.